The number of hydrogen-bond donors (Lipinski definition) is 2. The van der Waals surface area contributed by atoms with Crippen LogP contribution >= 0.6 is 0 Å². The zero-order valence-electron chi connectivity index (χ0n) is 11.7. The summed E-state index contributed by atoms with van der Waals surface area (Å²) >= 11 is 0. The van der Waals surface area contributed by atoms with Crippen molar-refractivity contribution in [1.82, 2.24) is 5.32 Å². The van der Waals surface area contributed by atoms with Crippen LogP contribution in [0.4, 0.5) is 0 Å². The molecular weight excluding hydrogens is 218 g/mol. The van der Waals surface area contributed by atoms with Crippen LogP contribution in [-0.2, 0) is 9.53 Å². The van der Waals surface area contributed by atoms with Gasteiger partial charge in [0.25, 0.3) is 0 Å². The molecule has 0 amide bonds. The maximum Gasteiger partial charge on any atom is 0.307 e. The molecule has 0 heterocycles. The van der Waals surface area contributed by atoms with E-state index in [9.17, 15) is 4.79 Å². The summed E-state index contributed by atoms with van der Waals surface area (Å²) in [6, 6.07) is 0.186. The van der Waals surface area contributed by atoms with E-state index < -0.39 is 5.97 Å². The first-order valence-corrected chi connectivity index (χ1v) is 6.40. The Morgan fingerprint density at radius 1 is 1.24 bits per heavy atom. The average Bonchev–Trinajstić information content (AvgIpc) is 2.20. The van der Waals surface area contributed by atoms with Crippen molar-refractivity contribution in [3.63, 3.8) is 0 Å². The molecule has 2 N–H and O–H groups in total. The standard InChI is InChI=1S/C13H27NO3/c1-9(2)6-12(13(15)16)7-14-11(5)8-17-10(3)4/h9-12,14H,6-8H2,1-5H3,(H,15,16). The van der Waals surface area contributed by atoms with Gasteiger partial charge in [-0.15, -0.1) is 0 Å². The number of rotatable bonds is 9. The topological polar surface area (TPSA) is 58.6 Å². The lowest BCUT2D eigenvalue weighted by atomic mass is 9.97. The second-order valence-corrected chi connectivity index (χ2v) is 5.36. The van der Waals surface area contributed by atoms with Crippen molar-refractivity contribution in [1.29, 1.82) is 0 Å². The molecule has 0 rings (SSSR count). The molecule has 0 bridgehead atoms. The molecule has 0 aliphatic rings. The maximum atomic E-state index is 11.0. The van der Waals surface area contributed by atoms with Gasteiger partial charge in [-0.25, -0.2) is 0 Å². The van der Waals surface area contributed by atoms with Crippen molar-refractivity contribution in [3.8, 4) is 0 Å². The van der Waals surface area contributed by atoms with Crippen LogP contribution in [0.15, 0.2) is 0 Å². The SMILES string of the molecule is CC(C)CC(CNC(C)COC(C)C)C(=O)O. The molecule has 0 saturated carbocycles. The van der Waals surface area contributed by atoms with Crippen molar-refractivity contribution >= 4 is 5.97 Å². The third kappa shape index (κ3) is 9.12. The summed E-state index contributed by atoms with van der Waals surface area (Å²) in [4.78, 5) is 11.0. The minimum atomic E-state index is -0.719. The number of carboxylic acids is 1. The van der Waals surface area contributed by atoms with Gasteiger partial charge in [0.1, 0.15) is 0 Å². The number of aliphatic carboxylic acids is 1. The highest BCUT2D eigenvalue weighted by molar-refractivity contribution is 5.70. The van der Waals surface area contributed by atoms with Crippen LogP contribution < -0.4 is 5.32 Å². The lowest BCUT2D eigenvalue weighted by Crippen LogP contribution is -2.37. The van der Waals surface area contributed by atoms with Gasteiger partial charge in [0.15, 0.2) is 0 Å². The van der Waals surface area contributed by atoms with Crippen LogP contribution in [0.5, 0.6) is 0 Å². The van der Waals surface area contributed by atoms with Gasteiger partial charge in [0.2, 0.25) is 0 Å². The summed E-state index contributed by atoms with van der Waals surface area (Å²) in [6.45, 7) is 11.2. The fourth-order valence-corrected chi connectivity index (χ4v) is 1.58. The molecule has 2 atom stereocenters. The fourth-order valence-electron chi connectivity index (χ4n) is 1.58. The minimum Gasteiger partial charge on any atom is -0.481 e. The molecule has 4 nitrogen and oxygen atoms in total. The van der Waals surface area contributed by atoms with Crippen LogP contribution in [-0.4, -0.2) is 36.4 Å². The summed E-state index contributed by atoms with van der Waals surface area (Å²) in [5.74, 6) is -0.625. The van der Waals surface area contributed by atoms with Crippen molar-refractivity contribution in [3.05, 3.63) is 0 Å². The Labute approximate surface area is 105 Å². The van der Waals surface area contributed by atoms with Gasteiger partial charge in [0.05, 0.1) is 18.6 Å². The van der Waals surface area contributed by atoms with Gasteiger partial charge in [0, 0.05) is 12.6 Å². The molecule has 4 heteroatoms. The second kappa shape index (κ2) is 8.48. The second-order valence-electron chi connectivity index (χ2n) is 5.36. The van der Waals surface area contributed by atoms with Gasteiger partial charge in [-0.05, 0) is 33.1 Å². The third-order valence-corrected chi connectivity index (χ3v) is 2.50. The number of ether oxygens (including phenoxy) is 1. The lowest BCUT2D eigenvalue weighted by molar-refractivity contribution is -0.142. The van der Waals surface area contributed by atoms with Crippen LogP contribution in [0, 0.1) is 11.8 Å². The molecule has 0 radical (unpaired) electrons. The van der Waals surface area contributed by atoms with Crippen LogP contribution in [0.3, 0.4) is 0 Å². The third-order valence-electron chi connectivity index (χ3n) is 2.50. The van der Waals surface area contributed by atoms with Crippen molar-refractivity contribution in [2.24, 2.45) is 11.8 Å². The molecule has 0 aromatic carbocycles. The van der Waals surface area contributed by atoms with Crippen molar-refractivity contribution < 1.29 is 14.6 Å². The Morgan fingerprint density at radius 2 is 1.82 bits per heavy atom. The number of hydrogen-bond acceptors (Lipinski definition) is 3. The predicted octanol–water partition coefficient (Wildman–Crippen LogP) is 2.14. The summed E-state index contributed by atoms with van der Waals surface area (Å²) in [6.07, 6.45) is 0.922. The van der Waals surface area contributed by atoms with E-state index in [0.29, 0.717) is 25.5 Å². The molecule has 2 unspecified atom stereocenters. The molecule has 0 fully saturated rings. The summed E-state index contributed by atoms with van der Waals surface area (Å²) in [7, 11) is 0. The average molecular weight is 245 g/mol. The van der Waals surface area contributed by atoms with E-state index in [-0.39, 0.29) is 18.1 Å². The van der Waals surface area contributed by atoms with Crippen LogP contribution in [0.25, 0.3) is 0 Å². The van der Waals surface area contributed by atoms with E-state index in [0.717, 1.165) is 0 Å². The van der Waals surface area contributed by atoms with Crippen molar-refractivity contribution in [2.45, 2.75) is 53.2 Å². The Bertz CT molecular complexity index is 217. The Kier molecular flexibility index (Phi) is 8.17. The molecule has 0 aromatic heterocycles. The quantitative estimate of drug-likeness (QED) is 0.653. The molecule has 0 aliphatic heterocycles. The number of nitrogens with one attached hydrogen (secondary N) is 1. The zero-order chi connectivity index (χ0) is 13.4. The van der Waals surface area contributed by atoms with E-state index in [1.54, 1.807) is 0 Å². The van der Waals surface area contributed by atoms with E-state index in [1.165, 1.54) is 0 Å². The van der Waals surface area contributed by atoms with E-state index in [1.807, 2.05) is 34.6 Å². The van der Waals surface area contributed by atoms with E-state index in [2.05, 4.69) is 5.32 Å². The van der Waals surface area contributed by atoms with Crippen LogP contribution in [0.1, 0.15) is 41.0 Å². The number of carbonyl (C=O) groups is 1. The summed E-state index contributed by atoms with van der Waals surface area (Å²) < 4.78 is 5.47. The highest BCUT2D eigenvalue weighted by atomic mass is 16.5. The van der Waals surface area contributed by atoms with E-state index in [4.69, 9.17) is 9.84 Å². The number of carboxylic acid groups (broad SMARTS) is 1. The fraction of sp³-hybridized carbons (Fsp3) is 0.923. The van der Waals surface area contributed by atoms with Crippen LogP contribution in [0.2, 0.25) is 0 Å². The molecule has 0 aromatic rings. The maximum absolute atomic E-state index is 11.0. The first-order valence-electron chi connectivity index (χ1n) is 6.40. The molecule has 0 aliphatic carbocycles. The molecule has 0 saturated heterocycles. The predicted molar refractivity (Wildman–Crippen MR) is 69.1 cm³/mol. The Morgan fingerprint density at radius 3 is 2.24 bits per heavy atom. The molecule has 0 spiro atoms. The van der Waals surface area contributed by atoms with Gasteiger partial charge >= 0.3 is 5.97 Å². The zero-order valence-corrected chi connectivity index (χ0v) is 11.7. The molecule has 102 valence electrons. The smallest absolute Gasteiger partial charge is 0.307 e. The monoisotopic (exact) mass is 245 g/mol. The minimum absolute atomic E-state index is 0.186. The van der Waals surface area contributed by atoms with Gasteiger partial charge in [-0.2, -0.15) is 0 Å². The molecule has 17 heavy (non-hydrogen) atoms. The highest BCUT2D eigenvalue weighted by Crippen LogP contribution is 2.11. The first kappa shape index (κ1) is 16.4. The van der Waals surface area contributed by atoms with Gasteiger partial charge in [-0.3, -0.25) is 4.79 Å². The van der Waals surface area contributed by atoms with Gasteiger partial charge in [-0.1, -0.05) is 13.8 Å². The lowest BCUT2D eigenvalue weighted by Gasteiger charge is -2.20. The summed E-state index contributed by atoms with van der Waals surface area (Å²) in [5.41, 5.74) is 0. The van der Waals surface area contributed by atoms with Crippen molar-refractivity contribution in [2.75, 3.05) is 13.2 Å². The largest absolute Gasteiger partial charge is 0.481 e. The normalized spacial score (nSPS) is 15.2. The Balaban J connectivity index is 3.91. The highest BCUT2D eigenvalue weighted by Gasteiger charge is 2.19. The Hall–Kier alpha value is -0.610. The van der Waals surface area contributed by atoms with E-state index >= 15 is 0 Å². The first-order chi connectivity index (χ1) is 7.82. The summed E-state index contributed by atoms with van der Waals surface area (Å²) in [5, 5.41) is 12.3. The van der Waals surface area contributed by atoms with Gasteiger partial charge < -0.3 is 15.2 Å². The molecular formula is C13H27NO3.